The highest BCUT2D eigenvalue weighted by atomic mass is 32.2. The number of anilines is 1. The molecule has 0 bridgehead atoms. The maximum absolute atomic E-state index is 13.4. The average Bonchev–Trinajstić information content (AvgIpc) is 3.05. The molecule has 4 aromatic rings. The van der Waals surface area contributed by atoms with Gasteiger partial charge < -0.3 is 15.1 Å². The number of hydrogen-bond donors (Lipinski definition) is 1. The van der Waals surface area contributed by atoms with E-state index >= 15 is 0 Å². The molecule has 0 aliphatic carbocycles. The van der Waals surface area contributed by atoms with Gasteiger partial charge in [0.25, 0.3) is 0 Å². The predicted octanol–water partition coefficient (Wildman–Crippen LogP) is 6.77. The summed E-state index contributed by atoms with van der Waals surface area (Å²) in [5.41, 5.74) is 4.28. The second kappa shape index (κ2) is 14.7. The lowest BCUT2D eigenvalue weighted by atomic mass is 9.96. The lowest BCUT2D eigenvalue weighted by Crippen LogP contribution is -2.50. The van der Waals surface area contributed by atoms with Gasteiger partial charge >= 0.3 is 6.03 Å². The number of urea groups is 1. The molecule has 1 saturated heterocycles. The molecule has 5 rings (SSSR count). The molecule has 4 aromatic carbocycles. The van der Waals surface area contributed by atoms with Gasteiger partial charge in [-0.05, 0) is 47.2 Å². The maximum Gasteiger partial charge on any atom is 0.322 e. The average molecular weight is 579 g/mol. The van der Waals surface area contributed by atoms with Crippen molar-refractivity contribution in [2.45, 2.75) is 23.9 Å². The molecule has 0 spiro atoms. The van der Waals surface area contributed by atoms with Crippen molar-refractivity contribution in [3.05, 3.63) is 132 Å². The van der Waals surface area contributed by atoms with Crippen molar-refractivity contribution in [1.29, 1.82) is 0 Å². The molecule has 0 atom stereocenters. The minimum Gasteiger partial charge on any atom is -0.340 e. The first kappa shape index (κ1) is 29.4. The monoisotopic (exact) mass is 578 g/mol. The van der Waals surface area contributed by atoms with Crippen LogP contribution in [-0.4, -0.2) is 65.6 Å². The van der Waals surface area contributed by atoms with Gasteiger partial charge in [-0.25, -0.2) is 4.79 Å². The Labute approximate surface area is 253 Å². The van der Waals surface area contributed by atoms with Crippen LogP contribution in [0.2, 0.25) is 0 Å². The Morgan fingerprint density at radius 1 is 0.762 bits per heavy atom. The minimum atomic E-state index is -0.207. The van der Waals surface area contributed by atoms with Gasteiger partial charge in [0.15, 0.2) is 0 Å². The van der Waals surface area contributed by atoms with Crippen LogP contribution >= 0.6 is 11.8 Å². The van der Waals surface area contributed by atoms with Crippen LogP contribution in [0.3, 0.4) is 0 Å². The summed E-state index contributed by atoms with van der Waals surface area (Å²) in [6.45, 7) is 3.70. The van der Waals surface area contributed by atoms with Crippen molar-refractivity contribution in [2.75, 3.05) is 44.3 Å². The Morgan fingerprint density at radius 2 is 1.31 bits per heavy atom. The van der Waals surface area contributed by atoms with Crippen LogP contribution in [0.1, 0.15) is 29.2 Å². The second-order valence-electron chi connectivity index (χ2n) is 10.5. The third-order valence-corrected chi connectivity index (χ3v) is 8.45. The van der Waals surface area contributed by atoms with E-state index in [1.807, 2.05) is 77.9 Å². The summed E-state index contributed by atoms with van der Waals surface area (Å²) in [5, 5.41) is 3.01. The summed E-state index contributed by atoms with van der Waals surface area (Å²) in [6.07, 6.45) is 2.31. The van der Waals surface area contributed by atoms with Gasteiger partial charge in [-0.1, -0.05) is 91.0 Å². The minimum absolute atomic E-state index is 0.0841. The van der Waals surface area contributed by atoms with Crippen LogP contribution in [0.5, 0.6) is 0 Å². The first-order chi connectivity index (χ1) is 20.6. The molecule has 0 aromatic heterocycles. The zero-order chi connectivity index (χ0) is 29.1. The first-order valence-electron chi connectivity index (χ1n) is 14.5. The normalized spacial score (nSPS) is 13.6. The van der Waals surface area contributed by atoms with E-state index in [1.165, 1.54) is 11.1 Å². The van der Waals surface area contributed by atoms with Crippen molar-refractivity contribution in [2.24, 2.45) is 0 Å². The molecule has 1 aliphatic rings. The quantitative estimate of drug-likeness (QED) is 0.211. The van der Waals surface area contributed by atoms with Crippen LogP contribution in [0, 0.1) is 0 Å². The molecular weight excluding hydrogens is 540 g/mol. The largest absolute Gasteiger partial charge is 0.340 e. The summed E-state index contributed by atoms with van der Waals surface area (Å²) in [7, 11) is 0. The van der Waals surface area contributed by atoms with Crippen molar-refractivity contribution >= 4 is 29.4 Å². The van der Waals surface area contributed by atoms with Crippen molar-refractivity contribution in [3.63, 3.8) is 0 Å². The number of amides is 3. The van der Waals surface area contributed by atoms with Gasteiger partial charge in [0, 0.05) is 56.3 Å². The third kappa shape index (κ3) is 7.81. The summed E-state index contributed by atoms with van der Waals surface area (Å²) < 4.78 is 0. The van der Waals surface area contributed by atoms with E-state index in [2.05, 4.69) is 58.7 Å². The van der Waals surface area contributed by atoms with Gasteiger partial charge in [-0.3, -0.25) is 9.69 Å². The fraction of sp³-hybridized carbons (Fsp3) is 0.257. The van der Waals surface area contributed by atoms with E-state index in [-0.39, 0.29) is 24.4 Å². The van der Waals surface area contributed by atoms with E-state index in [9.17, 15) is 9.59 Å². The summed E-state index contributed by atoms with van der Waals surface area (Å²) in [5.74, 6) is 0.0841. The first-order valence-corrected chi connectivity index (χ1v) is 15.7. The van der Waals surface area contributed by atoms with Crippen molar-refractivity contribution in [3.8, 4) is 0 Å². The van der Waals surface area contributed by atoms with Crippen LogP contribution in [0.25, 0.3) is 0 Å². The van der Waals surface area contributed by atoms with E-state index in [1.54, 1.807) is 16.7 Å². The van der Waals surface area contributed by atoms with E-state index in [0.717, 1.165) is 29.2 Å². The predicted molar refractivity (Wildman–Crippen MR) is 172 cm³/mol. The molecule has 1 aliphatic heterocycles. The number of carbonyl (C=O) groups is 2. The van der Waals surface area contributed by atoms with Gasteiger partial charge in [-0.15, -0.1) is 11.8 Å². The number of nitrogens with one attached hydrogen (secondary N) is 1. The molecule has 3 amide bonds. The SMILES string of the molecule is CSc1ccc(NC(=O)N(CCC(=O)N2CCN(C(c3ccccc3)c3ccccc3)CC2)Cc2ccccc2)cc1. The third-order valence-electron chi connectivity index (χ3n) is 7.70. The maximum atomic E-state index is 13.4. The Hall–Kier alpha value is -4.07. The number of nitrogens with zero attached hydrogens (tertiary/aromatic N) is 3. The van der Waals surface area contributed by atoms with Gasteiger partial charge in [0.05, 0.1) is 6.04 Å². The Bertz CT molecular complexity index is 1370. The highest BCUT2D eigenvalue weighted by Gasteiger charge is 2.28. The highest BCUT2D eigenvalue weighted by Crippen LogP contribution is 2.29. The number of thioether (sulfide) groups is 1. The van der Waals surface area contributed by atoms with E-state index < -0.39 is 0 Å². The highest BCUT2D eigenvalue weighted by molar-refractivity contribution is 7.98. The number of benzene rings is 4. The van der Waals surface area contributed by atoms with Gasteiger partial charge in [0.1, 0.15) is 0 Å². The van der Waals surface area contributed by atoms with Crippen LogP contribution in [0.4, 0.5) is 10.5 Å². The number of carbonyl (C=O) groups excluding carboxylic acids is 2. The lowest BCUT2D eigenvalue weighted by molar-refractivity contribution is -0.133. The van der Waals surface area contributed by atoms with Crippen LogP contribution < -0.4 is 5.32 Å². The molecule has 1 fully saturated rings. The van der Waals surface area contributed by atoms with Crippen molar-refractivity contribution in [1.82, 2.24) is 14.7 Å². The molecule has 0 radical (unpaired) electrons. The van der Waals surface area contributed by atoms with Gasteiger partial charge in [0.2, 0.25) is 5.91 Å². The summed E-state index contributed by atoms with van der Waals surface area (Å²) in [6, 6.07) is 38.8. The Morgan fingerprint density at radius 3 is 1.86 bits per heavy atom. The zero-order valence-corrected chi connectivity index (χ0v) is 24.9. The fourth-order valence-corrected chi connectivity index (χ4v) is 5.84. The molecule has 216 valence electrons. The molecule has 1 heterocycles. The molecule has 42 heavy (non-hydrogen) atoms. The topological polar surface area (TPSA) is 55.9 Å². The van der Waals surface area contributed by atoms with E-state index in [4.69, 9.17) is 0 Å². The number of piperazine rings is 1. The fourth-order valence-electron chi connectivity index (χ4n) is 5.44. The van der Waals surface area contributed by atoms with Crippen molar-refractivity contribution < 1.29 is 9.59 Å². The summed E-state index contributed by atoms with van der Waals surface area (Å²) >= 11 is 1.66. The second-order valence-corrected chi connectivity index (χ2v) is 11.3. The van der Waals surface area contributed by atoms with Gasteiger partial charge in [-0.2, -0.15) is 0 Å². The number of rotatable bonds is 10. The zero-order valence-electron chi connectivity index (χ0n) is 24.1. The molecule has 0 saturated carbocycles. The lowest BCUT2D eigenvalue weighted by Gasteiger charge is -2.40. The molecular formula is C35H38N4O2S. The number of hydrogen-bond acceptors (Lipinski definition) is 4. The smallest absolute Gasteiger partial charge is 0.322 e. The van der Waals surface area contributed by atoms with Crippen LogP contribution in [-0.2, 0) is 11.3 Å². The molecule has 7 heteroatoms. The van der Waals surface area contributed by atoms with E-state index in [0.29, 0.717) is 26.2 Å². The van der Waals surface area contributed by atoms with Crippen LogP contribution in [0.15, 0.2) is 120 Å². The summed E-state index contributed by atoms with van der Waals surface area (Å²) in [4.78, 5) is 34.0. The Kier molecular flexibility index (Phi) is 10.3. The molecule has 1 N–H and O–H groups in total. The Balaban J connectivity index is 1.20. The standard InChI is InChI=1S/C35H38N4O2S/c1-42-32-19-17-31(18-20-32)36-35(41)39(27-28-11-5-2-6-12-28)22-21-33(40)37-23-25-38(26-24-37)34(29-13-7-3-8-14-29)30-15-9-4-10-16-30/h2-20,34H,21-27H2,1H3,(H,36,41). The molecule has 0 unspecified atom stereocenters. The molecule has 6 nitrogen and oxygen atoms in total.